The molecule has 1 atom stereocenters. The summed E-state index contributed by atoms with van der Waals surface area (Å²) in [6, 6.07) is 6.06. The van der Waals surface area contributed by atoms with Crippen LogP contribution in [0.3, 0.4) is 0 Å². The zero-order chi connectivity index (χ0) is 16.8. The molecule has 0 spiro atoms. The molecule has 0 N–H and O–H groups in total. The Bertz CT molecular complexity index is 444. The topological polar surface area (TPSA) is 19.4 Å². The number of likely N-dealkylation sites (tertiary alicyclic amines) is 1. The molecule has 0 radical (unpaired) electrons. The zero-order valence-corrected chi connectivity index (χ0v) is 15.8. The van der Waals surface area contributed by atoms with Crippen LogP contribution in [-0.4, -0.2) is 35.1 Å². The number of piperidine rings is 1. The van der Waals surface area contributed by atoms with Crippen molar-refractivity contribution in [3.63, 3.8) is 0 Å². The number of rotatable bonds is 7. The number of anilines is 1. The Kier molecular flexibility index (Phi) is 6.88. The maximum absolute atomic E-state index is 4.81. The average molecular weight is 318 g/mol. The highest BCUT2D eigenvalue weighted by molar-refractivity contribution is 5.41. The molecule has 1 fully saturated rings. The molecule has 0 unspecified atom stereocenters. The molecule has 23 heavy (non-hydrogen) atoms. The van der Waals surface area contributed by atoms with Crippen LogP contribution >= 0.6 is 0 Å². The number of unbranched alkanes of at least 4 members (excludes halogenated alkanes) is 1. The predicted octanol–water partition coefficient (Wildman–Crippen LogP) is 5.03. The van der Waals surface area contributed by atoms with Gasteiger partial charge >= 0.3 is 0 Å². The molecule has 1 aromatic rings. The predicted molar refractivity (Wildman–Crippen MR) is 100 cm³/mol. The maximum atomic E-state index is 4.81. The van der Waals surface area contributed by atoms with Gasteiger partial charge in [0.15, 0.2) is 0 Å². The number of hydrogen-bond donors (Lipinski definition) is 0. The first-order valence-corrected chi connectivity index (χ1v) is 9.53. The molecule has 2 rings (SSSR count). The lowest BCUT2D eigenvalue weighted by atomic mass is 9.96. The Morgan fingerprint density at radius 2 is 1.91 bits per heavy atom. The highest BCUT2D eigenvalue weighted by Gasteiger charge is 2.24. The third-order valence-electron chi connectivity index (χ3n) is 4.95. The molecule has 2 heterocycles. The number of nitrogens with zero attached hydrogens (tertiary/aromatic N) is 3. The van der Waals surface area contributed by atoms with Crippen LogP contribution in [0.1, 0.15) is 78.3 Å². The second-order valence-electron chi connectivity index (χ2n) is 7.45. The lowest BCUT2D eigenvalue weighted by Crippen LogP contribution is -2.38. The Balaban J connectivity index is 2.13. The van der Waals surface area contributed by atoms with Gasteiger partial charge in [0.25, 0.3) is 0 Å². The van der Waals surface area contributed by atoms with Crippen LogP contribution < -0.4 is 4.90 Å². The minimum absolute atomic E-state index is 0.476. The Labute approximate surface area is 143 Å². The van der Waals surface area contributed by atoms with Crippen molar-refractivity contribution in [3.8, 4) is 0 Å². The number of aromatic nitrogens is 1. The van der Waals surface area contributed by atoms with Crippen LogP contribution in [0.15, 0.2) is 18.3 Å². The number of pyridine rings is 1. The molecule has 0 bridgehead atoms. The molecule has 0 aromatic carbocycles. The van der Waals surface area contributed by atoms with Crippen molar-refractivity contribution in [3.05, 3.63) is 23.9 Å². The molecule has 3 nitrogen and oxygen atoms in total. The molecular formula is C20H35N3. The van der Waals surface area contributed by atoms with E-state index in [0.717, 1.165) is 5.82 Å². The summed E-state index contributed by atoms with van der Waals surface area (Å²) in [6.45, 7) is 13.7. The first kappa shape index (κ1) is 18.3. The van der Waals surface area contributed by atoms with E-state index in [0.29, 0.717) is 18.1 Å². The Hall–Kier alpha value is -1.09. The summed E-state index contributed by atoms with van der Waals surface area (Å²) in [5.74, 6) is 1.11. The van der Waals surface area contributed by atoms with E-state index in [9.17, 15) is 0 Å². The third-order valence-corrected chi connectivity index (χ3v) is 4.95. The van der Waals surface area contributed by atoms with E-state index in [1.165, 1.54) is 50.8 Å². The quantitative estimate of drug-likeness (QED) is 0.703. The van der Waals surface area contributed by atoms with Crippen LogP contribution in [-0.2, 0) is 0 Å². The SMILES string of the molecule is CCCCN1CCCC[C@@H]1c1ccc(N(C(C)C)C(C)C)nc1. The monoisotopic (exact) mass is 317 g/mol. The first-order valence-electron chi connectivity index (χ1n) is 9.53. The van der Waals surface area contributed by atoms with Gasteiger partial charge < -0.3 is 4.90 Å². The second kappa shape index (κ2) is 8.68. The largest absolute Gasteiger partial charge is 0.352 e. The van der Waals surface area contributed by atoms with Gasteiger partial charge in [0.05, 0.1) is 0 Å². The molecule has 1 saturated heterocycles. The van der Waals surface area contributed by atoms with Crippen molar-refractivity contribution >= 4 is 5.82 Å². The van der Waals surface area contributed by atoms with Crippen molar-refractivity contribution in [2.24, 2.45) is 0 Å². The molecule has 1 aromatic heterocycles. The van der Waals surface area contributed by atoms with Crippen LogP contribution in [0.2, 0.25) is 0 Å². The van der Waals surface area contributed by atoms with Crippen molar-refractivity contribution in [1.29, 1.82) is 0 Å². The third kappa shape index (κ3) is 4.69. The van der Waals surface area contributed by atoms with E-state index in [4.69, 9.17) is 4.98 Å². The maximum Gasteiger partial charge on any atom is 0.128 e. The normalized spacial score (nSPS) is 19.5. The summed E-state index contributed by atoms with van der Waals surface area (Å²) >= 11 is 0. The van der Waals surface area contributed by atoms with E-state index >= 15 is 0 Å². The summed E-state index contributed by atoms with van der Waals surface area (Å²) in [5.41, 5.74) is 1.40. The fraction of sp³-hybridized carbons (Fsp3) is 0.750. The molecule has 0 amide bonds. The fourth-order valence-electron chi connectivity index (χ4n) is 3.87. The van der Waals surface area contributed by atoms with E-state index in [2.05, 4.69) is 62.7 Å². The van der Waals surface area contributed by atoms with Crippen LogP contribution in [0.25, 0.3) is 0 Å². The van der Waals surface area contributed by atoms with Crippen LogP contribution in [0, 0.1) is 0 Å². The standard InChI is InChI=1S/C20H35N3/c1-6-7-13-22-14-9-8-10-19(22)18-11-12-20(21-15-18)23(16(2)3)17(4)5/h11-12,15-17,19H,6-10,13-14H2,1-5H3/t19-/m1/s1. The molecule has 0 aliphatic carbocycles. The summed E-state index contributed by atoms with van der Waals surface area (Å²) in [6.07, 6.45) is 8.68. The van der Waals surface area contributed by atoms with E-state index in [1.54, 1.807) is 0 Å². The molecule has 130 valence electrons. The fourth-order valence-corrected chi connectivity index (χ4v) is 3.87. The lowest BCUT2D eigenvalue weighted by molar-refractivity contribution is 0.146. The minimum Gasteiger partial charge on any atom is -0.352 e. The minimum atomic E-state index is 0.476. The van der Waals surface area contributed by atoms with Crippen molar-refractivity contribution in [2.75, 3.05) is 18.0 Å². The smallest absolute Gasteiger partial charge is 0.128 e. The van der Waals surface area contributed by atoms with Gasteiger partial charge in [-0.15, -0.1) is 0 Å². The van der Waals surface area contributed by atoms with Crippen molar-refractivity contribution < 1.29 is 0 Å². The summed E-state index contributed by atoms with van der Waals surface area (Å²) in [7, 11) is 0. The summed E-state index contributed by atoms with van der Waals surface area (Å²) < 4.78 is 0. The van der Waals surface area contributed by atoms with Crippen LogP contribution in [0.4, 0.5) is 5.82 Å². The van der Waals surface area contributed by atoms with Gasteiger partial charge in [0.1, 0.15) is 5.82 Å². The van der Waals surface area contributed by atoms with Gasteiger partial charge in [-0.1, -0.05) is 25.8 Å². The van der Waals surface area contributed by atoms with E-state index in [-0.39, 0.29) is 0 Å². The summed E-state index contributed by atoms with van der Waals surface area (Å²) in [5, 5.41) is 0. The molecule has 1 aliphatic heterocycles. The summed E-state index contributed by atoms with van der Waals surface area (Å²) in [4.78, 5) is 9.87. The van der Waals surface area contributed by atoms with E-state index in [1.807, 2.05) is 0 Å². The van der Waals surface area contributed by atoms with Gasteiger partial charge in [0, 0.05) is 24.3 Å². The number of hydrogen-bond acceptors (Lipinski definition) is 3. The average Bonchev–Trinajstić information content (AvgIpc) is 2.53. The van der Waals surface area contributed by atoms with Gasteiger partial charge in [-0.05, 0) is 71.7 Å². The van der Waals surface area contributed by atoms with Gasteiger partial charge in [-0.3, -0.25) is 4.90 Å². The molecular weight excluding hydrogens is 282 g/mol. The first-order chi connectivity index (χ1) is 11.0. The van der Waals surface area contributed by atoms with Crippen molar-refractivity contribution in [2.45, 2.75) is 84.8 Å². The highest BCUT2D eigenvalue weighted by Crippen LogP contribution is 2.31. The molecule has 3 heteroatoms. The zero-order valence-electron chi connectivity index (χ0n) is 15.8. The molecule has 0 saturated carbocycles. The van der Waals surface area contributed by atoms with Gasteiger partial charge in [-0.25, -0.2) is 4.98 Å². The van der Waals surface area contributed by atoms with E-state index < -0.39 is 0 Å². The van der Waals surface area contributed by atoms with Crippen molar-refractivity contribution in [1.82, 2.24) is 9.88 Å². The van der Waals surface area contributed by atoms with Gasteiger partial charge in [0.2, 0.25) is 0 Å². The van der Waals surface area contributed by atoms with Crippen LogP contribution in [0.5, 0.6) is 0 Å². The Morgan fingerprint density at radius 3 is 2.48 bits per heavy atom. The Morgan fingerprint density at radius 1 is 1.17 bits per heavy atom. The lowest BCUT2D eigenvalue weighted by Gasteiger charge is -2.36. The second-order valence-corrected chi connectivity index (χ2v) is 7.45. The highest BCUT2D eigenvalue weighted by atomic mass is 15.2. The van der Waals surface area contributed by atoms with Gasteiger partial charge in [-0.2, -0.15) is 0 Å². The molecule has 1 aliphatic rings.